The molecule has 0 saturated heterocycles. The third-order valence-corrected chi connectivity index (χ3v) is 4.07. The maximum Gasteiger partial charge on any atom is 0.235 e. The van der Waals surface area contributed by atoms with Crippen LogP contribution in [0.15, 0.2) is 18.2 Å². The Balaban J connectivity index is 2.09. The van der Waals surface area contributed by atoms with Gasteiger partial charge in [0.2, 0.25) is 5.91 Å². The number of benzene rings is 1. The van der Waals surface area contributed by atoms with Crippen LogP contribution in [0.3, 0.4) is 0 Å². The highest BCUT2D eigenvalue weighted by Gasteiger charge is 2.51. The Morgan fingerprint density at radius 1 is 1.41 bits per heavy atom. The summed E-state index contributed by atoms with van der Waals surface area (Å²) < 4.78 is 0. The molecule has 17 heavy (non-hydrogen) atoms. The number of nitrogens with one attached hydrogen (secondary N) is 1. The van der Waals surface area contributed by atoms with E-state index in [9.17, 15) is 9.59 Å². The lowest BCUT2D eigenvalue weighted by Gasteiger charge is -2.36. The van der Waals surface area contributed by atoms with Gasteiger partial charge in [-0.1, -0.05) is 13.3 Å². The summed E-state index contributed by atoms with van der Waals surface area (Å²) in [6.45, 7) is 1.86. The molecule has 1 saturated carbocycles. The summed E-state index contributed by atoms with van der Waals surface area (Å²) in [5.41, 5.74) is 2.34. The first-order chi connectivity index (χ1) is 8.17. The minimum Gasteiger partial charge on any atom is -0.325 e. The van der Waals surface area contributed by atoms with E-state index >= 15 is 0 Å². The predicted molar refractivity (Wildman–Crippen MR) is 65.2 cm³/mol. The van der Waals surface area contributed by atoms with Gasteiger partial charge in [-0.3, -0.25) is 9.59 Å². The van der Waals surface area contributed by atoms with Gasteiger partial charge in [-0.15, -0.1) is 0 Å². The van der Waals surface area contributed by atoms with Crippen LogP contribution in [0.4, 0.5) is 5.69 Å². The van der Waals surface area contributed by atoms with Gasteiger partial charge in [0.1, 0.15) is 0 Å². The van der Waals surface area contributed by atoms with Gasteiger partial charge in [-0.25, -0.2) is 0 Å². The van der Waals surface area contributed by atoms with Gasteiger partial charge in [-0.05, 0) is 36.6 Å². The van der Waals surface area contributed by atoms with Crippen LogP contribution in [-0.4, -0.2) is 11.7 Å². The molecule has 1 spiro atoms. The Kier molecular flexibility index (Phi) is 2.12. The molecule has 1 amide bonds. The van der Waals surface area contributed by atoms with Gasteiger partial charge in [0.05, 0.1) is 5.41 Å². The number of rotatable bonds is 2. The molecular formula is C14H15NO2. The van der Waals surface area contributed by atoms with Crippen LogP contribution in [-0.2, 0) is 10.2 Å². The van der Waals surface area contributed by atoms with E-state index in [0.29, 0.717) is 6.42 Å². The number of carbonyl (C=O) groups is 2. The molecule has 1 fully saturated rings. The number of fused-ring (bicyclic) bond motifs is 2. The van der Waals surface area contributed by atoms with Crippen LogP contribution in [0, 0.1) is 0 Å². The third kappa shape index (κ3) is 1.28. The Morgan fingerprint density at radius 2 is 2.18 bits per heavy atom. The van der Waals surface area contributed by atoms with Crippen LogP contribution >= 0.6 is 0 Å². The van der Waals surface area contributed by atoms with E-state index < -0.39 is 0 Å². The summed E-state index contributed by atoms with van der Waals surface area (Å²) in [6, 6.07) is 5.59. The number of ketones is 1. The molecule has 3 rings (SSSR count). The largest absolute Gasteiger partial charge is 0.325 e. The Morgan fingerprint density at radius 3 is 2.76 bits per heavy atom. The van der Waals surface area contributed by atoms with Crippen LogP contribution in [0.1, 0.15) is 48.5 Å². The van der Waals surface area contributed by atoms with E-state index in [4.69, 9.17) is 0 Å². The summed E-state index contributed by atoms with van der Waals surface area (Å²) in [5.74, 6) is 0.251. The highest BCUT2D eigenvalue weighted by atomic mass is 16.2. The average Bonchev–Trinajstić information content (AvgIpc) is 2.58. The first-order valence-corrected chi connectivity index (χ1v) is 6.16. The number of amides is 1. The van der Waals surface area contributed by atoms with Crippen molar-refractivity contribution in [1.82, 2.24) is 0 Å². The summed E-state index contributed by atoms with van der Waals surface area (Å²) >= 11 is 0. The van der Waals surface area contributed by atoms with Crippen LogP contribution in [0.25, 0.3) is 0 Å². The number of hydrogen-bond donors (Lipinski definition) is 1. The van der Waals surface area contributed by atoms with Gasteiger partial charge < -0.3 is 5.32 Å². The van der Waals surface area contributed by atoms with E-state index in [2.05, 4.69) is 5.32 Å². The van der Waals surface area contributed by atoms with E-state index in [1.54, 1.807) is 0 Å². The van der Waals surface area contributed by atoms with Gasteiger partial charge in [-0.2, -0.15) is 0 Å². The maximum absolute atomic E-state index is 12.0. The molecule has 2 aliphatic rings. The topological polar surface area (TPSA) is 46.2 Å². The smallest absolute Gasteiger partial charge is 0.235 e. The van der Waals surface area contributed by atoms with Crippen molar-refractivity contribution in [3.05, 3.63) is 29.3 Å². The molecule has 1 aromatic carbocycles. The summed E-state index contributed by atoms with van der Waals surface area (Å²) in [5, 5.41) is 2.92. The molecular weight excluding hydrogens is 214 g/mol. The molecule has 0 atom stereocenters. The van der Waals surface area contributed by atoms with Crippen molar-refractivity contribution in [3.8, 4) is 0 Å². The number of Topliss-reactive ketones (excluding diaryl/α,β-unsaturated/α-hetero) is 1. The third-order valence-electron chi connectivity index (χ3n) is 4.07. The Hall–Kier alpha value is -1.64. The number of carbonyl (C=O) groups excluding carboxylic acids is 2. The molecule has 0 bridgehead atoms. The van der Waals surface area contributed by atoms with E-state index in [1.807, 2.05) is 25.1 Å². The molecule has 0 aromatic heterocycles. The highest BCUT2D eigenvalue weighted by Crippen LogP contribution is 2.51. The standard InChI is InChI=1S/C14H15NO2/c1-2-12(16)9-4-5-11-10(8-9)14(6-3-7-14)13(17)15-11/h4-5,8H,2-3,6-7H2,1H3,(H,15,17). The zero-order valence-electron chi connectivity index (χ0n) is 9.88. The van der Waals surface area contributed by atoms with Gasteiger partial charge in [0.25, 0.3) is 0 Å². The van der Waals surface area contributed by atoms with Gasteiger partial charge >= 0.3 is 0 Å². The second kappa shape index (κ2) is 3.42. The van der Waals surface area contributed by atoms with Crippen molar-refractivity contribution in [2.45, 2.75) is 38.0 Å². The quantitative estimate of drug-likeness (QED) is 0.792. The average molecular weight is 229 g/mol. The van der Waals surface area contributed by atoms with Crippen molar-refractivity contribution < 1.29 is 9.59 Å². The lowest BCUT2D eigenvalue weighted by Crippen LogP contribution is -2.40. The molecule has 1 N–H and O–H groups in total. The van der Waals surface area contributed by atoms with Gasteiger partial charge in [0, 0.05) is 17.7 Å². The zero-order valence-corrected chi connectivity index (χ0v) is 9.88. The van der Waals surface area contributed by atoms with E-state index in [0.717, 1.165) is 36.1 Å². The minimum absolute atomic E-state index is 0.111. The van der Waals surface area contributed by atoms with Crippen LogP contribution < -0.4 is 5.32 Å². The first-order valence-electron chi connectivity index (χ1n) is 6.16. The summed E-state index contributed by atoms with van der Waals surface area (Å²) in [4.78, 5) is 23.7. The molecule has 0 unspecified atom stereocenters. The second-order valence-electron chi connectivity index (χ2n) is 4.93. The van der Waals surface area contributed by atoms with Crippen molar-refractivity contribution in [1.29, 1.82) is 0 Å². The molecule has 3 heteroatoms. The molecule has 1 heterocycles. The minimum atomic E-state index is -0.320. The van der Waals surface area contributed by atoms with Crippen molar-refractivity contribution in [2.24, 2.45) is 0 Å². The molecule has 3 nitrogen and oxygen atoms in total. The highest BCUT2D eigenvalue weighted by molar-refractivity contribution is 6.08. The normalized spacial score (nSPS) is 19.7. The van der Waals surface area contributed by atoms with Crippen LogP contribution in [0.2, 0.25) is 0 Å². The van der Waals surface area contributed by atoms with Crippen LogP contribution in [0.5, 0.6) is 0 Å². The summed E-state index contributed by atoms with van der Waals surface area (Å²) in [7, 11) is 0. The molecule has 88 valence electrons. The SMILES string of the molecule is CCC(=O)c1ccc2c(c1)C1(CCC1)C(=O)N2. The van der Waals surface area contributed by atoms with Gasteiger partial charge in [0.15, 0.2) is 5.78 Å². The van der Waals surface area contributed by atoms with Crippen molar-refractivity contribution in [3.63, 3.8) is 0 Å². The van der Waals surface area contributed by atoms with E-state index in [1.165, 1.54) is 0 Å². The van der Waals surface area contributed by atoms with E-state index in [-0.39, 0.29) is 17.1 Å². The fourth-order valence-electron chi connectivity index (χ4n) is 2.82. The maximum atomic E-state index is 12.0. The predicted octanol–water partition coefficient (Wildman–Crippen LogP) is 2.65. The number of hydrogen-bond acceptors (Lipinski definition) is 2. The molecule has 1 aliphatic carbocycles. The summed E-state index contributed by atoms with van der Waals surface area (Å²) in [6.07, 6.45) is 3.43. The molecule has 0 radical (unpaired) electrons. The Labute approximate surface area is 100 Å². The monoisotopic (exact) mass is 229 g/mol. The second-order valence-corrected chi connectivity index (χ2v) is 4.93. The first kappa shape index (κ1) is 10.5. The molecule has 1 aromatic rings. The lowest BCUT2D eigenvalue weighted by atomic mass is 9.65. The Bertz CT molecular complexity index is 515. The zero-order chi connectivity index (χ0) is 12.0. The fraction of sp³-hybridized carbons (Fsp3) is 0.429. The van der Waals surface area contributed by atoms with Crippen molar-refractivity contribution in [2.75, 3.05) is 5.32 Å². The fourth-order valence-corrected chi connectivity index (χ4v) is 2.82. The lowest BCUT2D eigenvalue weighted by molar-refractivity contribution is -0.123. The number of anilines is 1. The molecule has 1 aliphatic heterocycles. The van der Waals surface area contributed by atoms with Crippen molar-refractivity contribution >= 4 is 17.4 Å².